The number of rotatable bonds is 5. The maximum atomic E-state index is 13.2. The molecule has 156 valence electrons. The van der Waals surface area contributed by atoms with E-state index in [0.29, 0.717) is 5.56 Å². The minimum Gasteiger partial charge on any atom is -0.347 e. The molecule has 4 rings (SSSR count). The highest BCUT2D eigenvalue weighted by Crippen LogP contribution is 2.31. The highest BCUT2D eigenvalue weighted by Gasteiger charge is 2.41. The van der Waals surface area contributed by atoms with E-state index in [0.717, 1.165) is 5.56 Å². The van der Waals surface area contributed by atoms with Crippen molar-refractivity contribution in [2.75, 3.05) is 13.1 Å². The number of aryl methyl sites for hydroxylation is 1. The first-order valence-electron chi connectivity index (χ1n) is 9.44. The molecule has 30 heavy (non-hydrogen) atoms. The summed E-state index contributed by atoms with van der Waals surface area (Å²) >= 11 is 0. The normalized spacial score (nSPS) is 19.7. The van der Waals surface area contributed by atoms with Crippen LogP contribution in [0.3, 0.4) is 0 Å². The zero-order valence-electron chi connectivity index (χ0n) is 16.3. The molecule has 2 aromatic carbocycles. The average Bonchev–Trinajstić information content (AvgIpc) is 3.36. The maximum Gasteiger partial charge on any atom is 0.262 e. The van der Waals surface area contributed by atoms with Crippen LogP contribution >= 0.6 is 0 Å². The monoisotopic (exact) mass is 428 g/mol. The van der Waals surface area contributed by atoms with Crippen LogP contribution in [0.25, 0.3) is 0 Å². The molecule has 7 nitrogen and oxygen atoms in total. The van der Waals surface area contributed by atoms with E-state index in [9.17, 15) is 17.6 Å². The van der Waals surface area contributed by atoms with Crippen LogP contribution in [-0.2, 0) is 17.1 Å². The molecule has 1 fully saturated rings. The summed E-state index contributed by atoms with van der Waals surface area (Å²) in [5, 5.41) is 2.90. The van der Waals surface area contributed by atoms with Gasteiger partial charge in [-0.1, -0.05) is 30.3 Å². The molecule has 0 saturated carbocycles. The van der Waals surface area contributed by atoms with Crippen molar-refractivity contribution in [1.29, 1.82) is 0 Å². The third kappa shape index (κ3) is 3.99. The van der Waals surface area contributed by atoms with Crippen molar-refractivity contribution in [2.45, 2.75) is 17.0 Å². The Bertz CT molecular complexity index is 1150. The van der Waals surface area contributed by atoms with Crippen LogP contribution in [0.15, 0.2) is 72.1 Å². The van der Waals surface area contributed by atoms with E-state index >= 15 is 0 Å². The molecule has 2 atom stereocenters. The standard InChI is InChI=1S/C21H21FN4O3S/c1-25-13-20(23-14-25)30(28,29)26-11-18(15-5-3-2-4-6-15)19(12-26)24-21(27)16-7-9-17(22)10-8-16/h2-10,13-14,18-19H,11-12H2,1H3,(H,24,27)/t18-,19+/m0/s1. The second-order valence-corrected chi connectivity index (χ2v) is 9.19. The van der Waals surface area contributed by atoms with Crippen molar-refractivity contribution in [3.8, 4) is 0 Å². The molecule has 1 amide bonds. The number of amides is 1. The Morgan fingerprint density at radius 1 is 1.10 bits per heavy atom. The molecule has 0 bridgehead atoms. The van der Waals surface area contributed by atoms with Crippen molar-refractivity contribution < 1.29 is 17.6 Å². The lowest BCUT2D eigenvalue weighted by atomic mass is 9.94. The summed E-state index contributed by atoms with van der Waals surface area (Å²) in [6, 6.07) is 14.3. The Morgan fingerprint density at radius 3 is 2.43 bits per heavy atom. The summed E-state index contributed by atoms with van der Waals surface area (Å²) in [6.45, 7) is 0.336. The summed E-state index contributed by atoms with van der Waals surface area (Å²) in [4.78, 5) is 16.7. The molecule has 0 spiro atoms. The third-order valence-electron chi connectivity index (χ3n) is 5.22. The second-order valence-electron chi connectivity index (χ2n) is 7.30. The van der Waals surface area contributed by atoms with Crippen molar-refractivity contribution >= 4 is 15.9 Å². The number of halogens is 1. The number of sulfonamides is 1. The lowest BCUT2D eigenvalue weighted by Crippen LogP contribution is -2.40. The summed E-state index contributed by atoms with van der Waals surface area (Å²) < 4.78 is 42.2. The average molecular weight is 428 g/mol. The fourth-order valence-corrected chi connectivity index (χ4v) is 5.11. The van der Waals surface area contributed by atoms with E-state index in [1.807, 2.05) is 30.3 Å². The molecule has 1 aliphatic rings. The summed E-state index contributed by atoms with van der Waals surface area (Å²) in [7, 11) is -2.09. The predicted octanol–water partition coefficient (Wildman–Crippen LogP) is 2.15. The zero-order chi connectivity index (χ0) is 21.3. The SMILES string of the molecule is Cn1cnc(S(=O)(=O)N2C[C@@H](NC(=O)c3ccc(F)cc3)[C@H](c3ccccc3)C2)c1. The highest BCUT2D eigenvalue weighted by atomic mass is 32.2. The number of imidazole rings is 1. The number of benzene rings is 2. The zero-order valence-corrected chi connectivity index (χ0v) is 17.1. The number of carbonyl (C=O) groups is 1. The lowest BCUT2D eigenvalue weighted by molar-refractivity contribution is 0.0936. The van der Waals surface area contributed by atoms with Gasteiger partial charge in [0.25, 0.3) is 15.9 Å². The smallest absolute Gasteiger partial charge is 0.262 e. The van der Waals surface area contributed by atoms with E-state index in [-0.39, 0.29) is 29.9 Å². The fraction of sp³-hybridized carbons (Fsp3) is 0.238. The molecule has 1 aliphatic heterocycles. The molecule has 9 heteroatoms. The van der Waals surface area contributed by atoms with Crippen LogP contribution in [0, 0.1) is 5.82 Å². The van der Waals surface area contributed by atoms with Crippen molar-refractivity contribution in [3.63, 3.8) is 0 Å². The van der Waals surface area contributed by atoms with Gasteiger partial charge in [0, 0.05) is 37.8 Å². The Balaban J connectivity index is 1.61. The molecule has 3 aromatic rings. The lowest BCUT2D eigenvalue weighted by Gasteiger charge is -2.20. The van der Waals surface area contributed by atoms with E-state index in [1.165, 1.54) is 41.1 Å². The Labute approximate surface area is 174 Å². The Kier molecular flexibility index (Phi) is 5.40. The number of hydrogen-bond acceptors (Lipinski definition) is 4. The molecule has 1 aromatic heterocycles. The topological polar surface area (TPSA) is 84.3 Å². The van der Waals surface area contributed by atoms with E-state index in [2.05, 4.69) is 10.3 Å². The number of hydrogen-bond donors (Lipinski definition) is 1. The number of aromatic nitrogens is 2. The van der Waals surface area contributed by atoms with E-state index in [4.69, 9.17) is 0 Å². The fourth-order valence-electron chi connectivity index (χ4n) is 3.66. The van der Waals surface area contributed by atoms with Crippen molar-refractivity contribution in [2.24, 2.45) is 7.05 Å². The van der Waals surface area contributed by atoms with Gasteiger partial charge in [-0.05, 0) is 29.8 Å². The van der Waals surface area contributed by atoms with Gasteiger partial charge < -0.3 is 9.88 Å². The van der Waals surface area contributed by atoms with Gasteiger partial charge in [-0.15, -0.1) is 0 Å². The van der Waals surface area contributed by atoms with Gasteiger partial charge >= 0.3 is 0 Å². The van der Waals surface area contributed by atoms with Gasteiger partial charge in [0.2, 0.25) is 0 Å². The number of nitrogens with zero attached hydrogens (tertiary/aromatic N) is 3. The van der Waals surface area contributed by atoms with Gasteiger partial charge in [0.05, 0.1) is 12.4 Å². The van der Waals surface area contributed by atoms with Crippen LogP contribution in [0.4, 0.5) is 4.39 Å². The largest absolute Gasteiger partial charge is 0.347 e. The van der Waals surface area contributed by atoms with Gasteiger partial charge in [-0.2, -0.15) is 4.31 Å². The van der Waals surface area contributed by atoms with Gasteiger partial charge in [0.1, 0.15) is 5.82 Å². The van der Waals surface area contributed by atoms with Gasteiger partial charge in [-0.3, -0.25) is 4.79 Å². The molecule has 1 saturated heterocycles. The number of carbonyl (C=O) groups excluding carboxylic acids is 1. The first kappa shape index (κ1) is 20.2. The minimum atomic E-state index is -3.80. The molecular formula is C21H21FN4O3S. The summed E-state index contributed by atoms with van der Waals surface area (Å²) in [5.74, 6) is -1.03. The van der Waals surface area contributed by atoms with Gasteiger partial charge in [-0.25, -0.2) is 17.8 Å². The quantitative estimate of drug-likeness (QED) is 0.675. The molecular weight excluding hydrogens is 407 g/mol. The van der Waals surface area contributed by atoms with Crippen LogP contribution < -0.4 is 5.32 Å². The van der Waals surface area contributed by atoms with Crippen LogP contribution in [0.5, 0.6) is 0 Å². The Hall–Kier alpha value is -3.04. The van der Waals surface area contributed by atoms with Gasteiger partial charge in [0.15, 0.2) is 5.03 Å². The maximum absolute atomic E-state index is 13.2. The minimum absolute atomic E-state index is 0.0256. The first-order valence-corrected chi connectivity index (χ1v) is 10.9. The van der Waals surface area contributed by atoms with Crippen LogP contribution in [0.1, 0.15) is 21.8 Å². The molecule has 0 aliphatic carbocycles. The predicted molar refractivity (Wildman–Crippen MR) is 109 cm³/mol. The molecule has 0 radical (unpaired) electrons. The number of nitrogens with one attached hydrogen (secondary N) is 1. The van der Waals surface area contributed by atoms with E-state index < -0.39 is 21.9 Å². The third-order valence-corrected chi connectivity index (χ3v) is 6.94. The molecule has 2 heterocycles. The highest BCUT2D eigenvalue weighted by molar-refractivity contribution is 7.89. The summed E-state index contributed by atoms with van der Waals surface area (Å²) in [5.41, 5.74) is 1.25. The first-order chi connectivity index (χ1) is 14.3. The van der Waals surface area contributed by atoms with Crippen molar-refractivity contribution in [1.82, 2.24) is 19.2 Å². The summed E-state index contributed by atoms with van der Waals surface area (Å²) in [6.07, 6.45) is 2.89. The van der Waals surface area contributed by atoms with Crippen molar-refractivity contribution in [3.05, 3.63) is 84.1 Å². The van der Waals surface area contributed by atoms with E-state index in [1.54, 1.807) is 11.6 Å². The Morgan fingerprint density at radius 2 is 1.80 bits per heavy atom. The van der Waals surface area contributed by atoms with Crippen LogP contribution in [-0.4, -0.2) is 47.3 Å². The molecule has 0 unspecified atom stereocenters. The van der Waals surface area contributed by atoms with Crippen LogP contribution in [0.2, 0.25) is 0 Å². The molecule has 1 N–H and O–H groups in total. The second kappa shape index (κ2) is 8.00.